The topological polar surface area (TPSA) is 0 Å². The second-order valence-electron chi connectivity index (χ2n) is 2.99. The van der Waals surface area contributed by atoms with Gasteiger partial charge < -0.3 is 0 Å². The van der Waals surface area contributed by atoms with E-state index in [2.05, 4.69) is 25.1 Å². The molecule has 1 heteroatoms. The zero-order chi connectivity index (χ0) is 10.6. The first-order chi connectivity index (χ1) is 6.75. The van der Waals surface area contributed by atoms with Gasteiger partial charge in [-0.15, -0.1) is 0 Å². The molecule has 0 aliphatic carbocycles. The van der Waals surface area contributed by atoms with Crippen molar-refractivity contribution in [2.45, 2.75) is 20.8 Å². The van der Waals surface area contributed by atoms with E-state index in [4.69, 9.17) is 11.6 Å². The van der Waals surface area contributed by atoms with Crippen LogP contribution in [0.2, 0.25) is 5.02 Å². The van der Waals surface area contributed by atoms with E-state index < -0.39 is 0 Å². The van der Waals surface area contributed by atoms with Crippen molar-refractivity contribution in [1.82, 2.24) is 0 Å². The van der Waals surface area contributed by atoms with Crippen molar-refractivity contribution < 1.29 is 0 Å². The van der Waals surface area contributed by atoms with Gasteiger partial charge >= 0.3 is 0 Å². The number of hydrogen-bond donors (Lipinski definition) is 0. The first kappa shape index (κ1) is 11.1. The smallest absolute Gasteiger partial charge is 0.0412 e. The van der Waals surface area contributed by atoms with Crippen molar-refractivity contribution in [3.05, 3.63) is 47.0 Å². The molecular weight excluding hydrogens is 192 g/mol. The normalized spacial score (nSPS) is 9.43. The van der Waals surface area contributed by atoms with Crippen molar-refractivity contribution in [2.75, 3.05) is 0 Å². The summed E-state index contributed by atoms with van der Waals surface area (Å²) in [5.74, 6) is 0. The third-order valence-electron chi connectivity index (χ3n) is 1.96. The first-order valence-corrected chi connectivity index (χ1v) is 5.29. The molecule has 0 nitrogen and oxygen atoms in total. The molecule has 0 fully saturated rings. The Morgan fingerprint density at radius 2 is 1.43 bits per heavy atom. The quantitative estimate of drug-likeness (QED) is 0.579. The van der Waals surface area contributed by atoms with Crippen molar-refractivity contribution in [2.24, 2.45) is 0 Å². The minimum absolute atomic E-state index is 0.798. The molecule has 0 saturated carbocycles. The Morgan fingerprint density at radius 3 is 2.14 bits per heavy atom. The molecular formula is C13H15Cl. The van der Waals surface area contributed by atoms with Crippen molar-refractivity contribution in [1.29, 1.82) is 0 Å². The molecule has 0 N–H and O–H groups in total. The molecule has 74 valence electrons. The van der Waals surface area contributed by atoms with E-state index in [0.29, 0.717) is 0 Å². The van der Waals surface area contributed by atoms with Gasteiger partial charge in [-0.1, -0.05) is 55.3 Å². The van der Waals surface area contributed by atoms with Crippen molar-refractivity contribution in [3.8, 4) is 0 Å². The summed E-state index contributed by atoms with van der Waals surface area (Å²) in [4.78, 5) is 0. The van der Waals surface area contributed by atoms with Crippen molar-refractivity contribution in [3.63, 3.8) is 0 Å². The summed E-state index contributed by atoms with van der Waals surface area (Å²) in [5, 5.41) is 3.25. The van der Waals surface area contributed by atoms with Gasteiger partial charge in [-0.3, -0.25) is 0 Å². The summed E-state index contributed by atoms with van der Waals surface area (Å²) >= 11 is 5.86. The molecule has 2 rings (SSSR count). The largest absolute Gasteiger partial charge is 0.0843 e. The van der Waals surface area contributed by atoms with Crippen LogP contribution in [0.15, 0.2) is 36.4 Å². The molecule has 0 aliphatic rings. The molecule has 0 bridgehead atoms. The Morgan fingerprint density at radius 1 is 0.857 bits per heavy atom. The lowest BCUT2D eigenvalue weighted by Crippen LogP contribution is -1.74. The predicted molar refractivity (Wildman–Crippen MR) is 65.0 cm³/mol. The van der Waals surface area contributed by atoms with Gasteiger partial charge in [0.2, 0.25) is 0 Å². The molecule has 0 atom stereocenters. The third kappa shape index (κ3) is 2.49. The van der Waals surface area contributed by atoms with E-state index in [1.807, 2.05) is 32.0 Å². The fraction of sp³-hybridized carbons (Fsp3) is 0.231. The van der Waals surface area contributed by atoms with Crippen LogP contribution in [-0.2, 0) is 0 Å². The van der Waals surface area contributed by atoms with Crippen LogP contribution in [0.3, 0.4) is 0 Å². The second kappa shape index (κ2) is 5.02. The van der Waals surface area contributed by atoms with Crippen LogP contribution in [0.5, 0.6) is 0 Å². The van der Waals surface area contributed by atoms with Gasteiger partial charge in [0.25, 0.3) is 0 Å². The Kier molecular flexibility index (Phi) is 3.97. The van der Waals surface area contributed by atoms with Crippen LogP contribution in [0.25, 0.3) is 10.8 Å². The van der Waals surface area contributed by atoms with E-state index >= 15 is 0 Å². The summed E-state index contributed by atoms with van der Waals surface area (Å²) in [6.07, 6.45) is 0. The molecule has 0 radical (unpaired) electrons. The van der Waals surface area contributed by atoms with Gasteiger partial charge in [-0.05, 0) is 29.8 Å². The summed E-state index contributed by atoms with van der Waals surface area (Å²) < 4.78 is 0. The average molecular weight is 207 g/mol. The molecule has 0 spiro atoms. The summed E-state index contributed by atoms with van der Waals surface area (Å²) in [5.41, 5.74) is 1.28. The minimum atomic E-state index is 0.798. The van der Waals surface area contributed by atoms with Crippen LogP contribution >= 0.6 is 11.6 Å². The number of hydrogen-bond acceptors (Lipinski definition) is 0. The highest BCUT2D eigenvalue weighted by atomic mass is 35.5. The van der Waals surface area contributed by atoms with Crippen LogP contribution < -0.4 is 0 Å². The number of benzene rings is 2. The highest BCUT2D eigenvalue weighted by Gasteiger charge is 1.93. The molecule has 2 aromatic rings. The minimum Gasteiger partial charge on any atom is -0.0843 e. The monoisotopic (exact) mass is 206 g/mol. The number of halogens is 1. The second-order valence-corrected chi connectivity index (χ2v) is 3.43. The van der Waals surface area contributed by atoms with Gasteiger partial charge in [-0.2, -0.15) is 0 Å². The SMILES string of the molecule is CC.Cc1ccc2cc(Cl)ccc2c1. The highest BCUT2D eigenvalue weighted by Crippen LogP contribution is 2.19. The van der Waals surface area contributed by atoms with Gasteiger partial charge in [0.15, 0.2) is 0 Å². The summed E-state index contributed by atoms with van der Waals surface area (Å²) in [6.45, 7) is 6.09. The summed E-state index contributed by atoms with van der Waals surface area (Å²) in [6, 6.07) is 12.3. The number of aryl methyl sites for hydroxylation is 1. The Hall–Kier alpha value is -1.01. The maximum atomic E-state index is 5.86. The van der Waals surface area contributed by atoms with Crippen LogP contribution in [-0.4, -0.2) is 0 Å². The zero-order valence-corrected chi connectivity index (χ0v) is 9.60. The lowest BCUT2D eigenvalue weighted by atomic mass is 10.1. The van der Waals surface area contributed by atoms with Crippen LogP contribution in [0.4, 0.5) is 0 Å². The van der Waals surface area contributed by atoms with E-state index in [0.717, 1.165) is 5.02 Å². The van der Waals surface area contributed by atoms with E-state index in [-0.39, 0.29) is 0 Å². The zero-order valence-electron chi connectivity index (χ0n) is 8.84. The van der Waals surface area contributed by atoms with Gasteiger partial charge in [0.05, 0.1) is 0 Å². The Labute approximate surface area is 90.5 Å². The first-order valence-electron chi connectivity index (χ1n) is 4.92. The van der Waals surface area contributed by atoms with Crippen molar-refractivity contribution >= 4 is 22.4 Å². The average Bonchev–Trinajstić information content (AvgIpc) is 2.21. The van der Waals surface area contributed by atoms with Crippen LogP contribution in [0.1, 0.15) is 19.4 Å². The third-order valence-corrected chi connectivity index (χ3v) is 2.19. The van der Waals surface area contributed by atoms with Crippen LogP contribution in [0, 0.1) is 6.92 Å². The predicted octanol–water partition coefficient (Wildman–Crippen LogP) is 4.83. The molecule has 0 saturated heterocycles. The standard InChI is InChI=1S/C11H9Cl.C2H6/c1-8-2-3-10-7-11(12)5-4-9(10)6-8;1-2/h2-7H,1H3;1-2H3. The summed E-state index contributed by atoms with van der Waals surface area (Å²) in [7, 11) is 0. The van der Waals surface area contributed by atoms with Gasteiger partial charge in [0.1, 0.15) is 0 Å². The highest BCUT2D eigenvalue weighted by molar-refractivity contribution is 6.31. The van der Waals surface area contributed by atoms with E-state index in [1.165, 1.54) is 16.3 Å². The fourth-order valence-corrected chi connectivity index (χ4v) is 1.52. The molecule has 0 amide bonds. The fourth-order valence-electron chi connectivity index (χ4n) is 1.34. The maximum Gasteiger partial charge on any atom is 0.0412 e. The van der Waals surface area contributed by atoms with E-state index in [1.54, 1.807) is 0 Å². The number of fused-ring (bicyclic) bond motifs is 1. The molecule has 0 unspecified atom stereocenters. The Balaban J connectivity index is 0.000000461. The molecule has 0 heterocycles. The molecule has 0 aliphatic heterocycles. The number of rotatable bonds is 0. The van der Waals surface area contributed by atoms with Gasteiger partial charge in [-0.25, -0.2) is 0 Å². The molecule has 2 aromatic carbocycles. The Bertz CT molecular complexity index is 377. The lowest BCUT2D eigenvalue weighted by Gasteiger charge is -1.98. The maximum absolute atomic E-state index is 5.86. The molecule has 14 heavy (non-hydrogen) atoms. The van der Waals surface area contributed by atoms with Gasteiger partial charge in [0, 0.05) is 5.02 Å². The lowest BCUT2D eigenvalue weighted by molar-refractivity contribution is 1.50. The van der Waals surface area contributed by atoms with E-state index in [9.17, 15) is 0 Å². The molecule has 0 aromatic heterocycles.